The Balaban J connectivity index is 1.85. The van der Waals surface area contributed by atoms with Gasteiger partial charge in [-0.2, -0.15) is 5.10 Å². The number of ketones is 1. The molecule has 7 nitrogen and oxygen atoms in total. The van der Waals surface area contributed by atoms with E-state index in [1.165, 1.54) is 6.92 Å². The van der Waals surface area contributed by atoms with E-state index in [4.69, 9.17) is 0 Å². The summed E-state index contributed by atoms with van der Waals surface area (Å²) < 4.78 is 3.46. The van der Waals surface area contributed by atoms with Gasteiger partial charge >= 0.3 is 0 Å². The fraction of sp³-hybridized carbons (Fsp3) is 0.300. The first-order valence-corrected chi connectivity index (χ1v) is 8.75. The van der Waals surface area contributed by atoms with Crippen LogP contribution in [0.25, 0.3) is 0 Å². The summed E-state index contributed by atoms with van der Waals surface area (Å²) in [6, 6.07) is 9.32. The van der Waals surface area contributed by atoms with E-state index >= 15 is 0 Å². The summed E-state index contributed by atoms with van der Waals surface area (Å²) >= 11 is 0. The van der Waals surface area contributed by atoms with Crippen molar-refractivity contribution in [1.29, 1.82) is 0 Å². The van der Waals surface area contributed by atoms with Crippen LogP contribution in [0.2, 0.25) is 0 Å². The molecule has 1 amide bonds. The van der Waals surface area contributed by atoms with E-state index in [2.05, 4.69) is 15.4 Å². The first kappa shape index (κ1) is 18.6. The van der Waals surface area contributed by atoms with Crippen molar-refractivity contribution in [2.75, 3.05) is 0 Å². The zero-order valence-electron chi connectivity index (χ0n) is 15.9. The van der Waals surface area contributed by atoms with Gasteiger partial charge in [0.05, 0.1) is 11.3 Å². The smallest absolute Gasteiger partial charge is 0.242 e. The van der Waals surface area contributed by atoms with Gasteiger partial charge in [-0.25, -0.2) is 4.98 Å². The minimum absolute atomic E-state index is 0.0354. The molecule has 0 radical (unpaired) electrons. The van der Waals surface area contributed by atoms with Gasteiger partial charge in [-0.3, -0.25) is 14.3 Å². The summed E-state index contributed by atoms with van der Waals surface area (Å²) in [6.45, 7) is 5.12. The average molecular weight is 365 g/mol. The number of nitrogens with one attached hydrogen (secondary N) is 1. The summed E-state index contributed by atoms with van der Waals surface area (Å²) in [5.41, 5.74) is 2.85. The lowest BCUT2D eigenvalue weighted by Gasteiger charge is -2.19. The molecular weight excluding hydrogens is 342 g/mol. The maximum atomic E-state index is 12.8. The van der Waals surface area contributed by atoms with Crippen LogP contribution >= 0.6 is 0 Å². The topological polar surface area (TPSA) is 81.8 Å². The zero-order valence-corrected chi connectivity index (χ0v) is 15.9. The standard InChI is InChI=1S/C20H23N5O2/c1-13-18(15(3)26)14(2)25(23-13)12-17(27)22-19(16-8-6-5-7-9-16)20-21-10-11-24(20)4/h5-11,19H,12H2,1-4H3,(H,22,27)/t19-/m0/s1. The number of hydrogen-bond donors (Lipinski definition) is 1. The van der Waals surface area contributed by atoms with E-state index in [1.807, 2.05) is 48.1 Å². The SMILES string of the molecule is CC(=O)c1c(C)nn(CC(=O)N[C@@H](c2ccccc2)c2nccn2C)c1C. The van der Waals surface area contributed by atoms with Crippen LogP contribution < -0.4 is 5.32 Å². The van der Waals surface area contributed by atoms with E-state index in [0.717, 1.165) is 11.4 Å². The van der Waals surface area contributed by atoms with Crippen LogP contribution in [0.4, 0.5) is 0 Å². The fourth-order valence-electron chi connectivity index (χ4n) is 3.30. The second-order valence-electron chi connectivity index (χ2n) is 6.57. The van der Waals surface area contributed by atoms with Crippen molar-refractivity contribution >= 4 is 11.7 Å². The molecule has 0 bridgehead atoms. The van der Waals surface area contributed by atoms with Crippen molar-refractivity contribution < 1.29 is 9.59 Å². The molecule has 0 aliphatic heterocycles. The van der Waals surface area contributed by atoms with Gasteiger partial charge in [0.15, 0.2) is 5.78 Å². The average Bonchev–Trinajstić information content (AvgIpc) is 3.16. The minimum Gasteiger partial charge on any atom is -0.340 e. The van der Waals surface area contributed by atoms with Crippen LogP contribution in [0.3, 0.4) is 0 Å². The third kappa shape index (κ3) is 3.81. The first-order chi connectivity index (χ1) is 12.9. The maximum absolute atomic E-state index is 12.8. The Morgan fingerprint density at radius 3 is 2.44 bits per heavy atom. The molecule has 7 heteroatoms. The van der Waals surface area contributed by atoms with Gasteiger partial charge in [-0.05, 0) is 26.3 Å². The molecule has 1 atom stereocenters. The van der Waals surface area contributed by atoms with Crippen LogP contribution in [-0.2, 0) is 18.4 Å². The molecule has 0 fully saturated rings. The largest absolute Gasteiger partial charge is 0.340 e. The van der Waals surface area contributed by atoms with Gasteiger partial charge in [0, 0.05) is 25.1 Å². The number of aryl methyl sites for hydroxylation is 2. The second-order valence-corrected chi connectivity index (χ2v) is 6.57. The normalized spacial score (nSPS) is 12.0. The highest BCUT2D eigenvalue weighted by molar-refractivity contribution is 5.96. The van der Waals surface area contributed by atoms with Crippen molar-refractivity contribution in [3.63, 3.8) is 0 Å². The van der Waals surface area contributed by atoms with Gasteiger partial charge in [-0.1, -0.05) is 30.3 Å². The Morgan fingerprint density at radius 2 is 1.89 bits per heavy atom. The number of aromatic nitrogens is 4. The van der Waals surface area contributed by atoms with Crippen LogP contribution in [0.1, 0.15) is 46.1 Å². The Labute approximate surface area is 158 Å². The van der Waals surface area contributed by atoms with Crippen molar-refractivity contribution in [2.24, 2.45) is 7.05 Å². The third-order valence-corrected chi connectivity index (χ3v) is 4.58. The van der Waals surface area contributed by atoms with Crippen molar-refractivity contribution in [3.05, 3.63) is 71.1 Å². The Hall–Kier alpha value is -3.22. The molecule has 0 aliphatic carbocycles. The first-order valence-electron chi connectivity index (χ1n) is 8.75. The summed E-state index contributed by atoms with van der Waals surface area (Å²) in [5, 5.41) is 7.39. The predicted molar refractivity (Wildman–Crippen MR) is 101 cm³/mol. The van der Waals surface area contributed by atoms with Crippen molar-refractivity contribution in [2.45, 2.75) is 33.4 Å². The van der Waals surface area contributed by atoms with Gasteiger partial charge in [0.25, 0.3) is 0 Å². The minimum atomic E-state index is -0.372. The molecule has 140 valence electrons. The van der Waals surface area contributed by atoms with E-state index < -0.39 is 0 Å². The number of nitrogens with zero attached hydrogens (tertiary/aromatic N) is 4. The zero-order chi connectivity index (χ0) is 19.6. The molecule has 2 heterocycles. The molecule has 0 unspecified atom stereocenters. The third-order valence-electron chi connectivity index (χ3n) is 4.58. The lowest BCUT2D eigenvalue weighted by atomic mass is 10.1. The molecule has 3 rings (SSSR count). The molecule has 0 aliphatic rings. The number of hydrogen-bond acceptors (Lipinski definition) is 4. The van der Waals surface area contributed by atoms with Crippen LogP contribution in [0.5, 0.6) is 0 Å². The molecule has 0 spiro atoms. The highest BCUT2D eigenvalue weighted by Crippen LogP contribution is 2.20. The molecular formula is C20H23N5O2. The molecule has 2 aromatic heterocycles. The number of amides is 1. The monoisotopic (exact) mass is 365 g/mol. The number of carbonyl (C=O) groups excluding carboxylic acids is 2. The van der Waals surface area contributed by atoms with E-state index in [-0.39, 0.29) is 24.3 Å². The highest BCUT2D eigenvalue weighted by Gasteiger charge is 2.22. The highest BCUT2D eigenvalue weighted by atomic mass is 16.2. The van der Waals surface area contributed by atoms with Gasteiger partial charge in [0.2, 0.25) is 5.91 Å². The summed E-state index contributed by atoms with van der Waals surface area (Å²) in [7, 11) is 1.89. The van der Waals surface area contributed by atoms with Gasteiger partial charge < -0.3 is 9.88 Å². The van der Waals surface area contributed by atoms with E-state index in [9.17, 15) is 9.59 Å². The van der Waals surface area contributed by atoms with E-state index in [0.29, 0.717) is 17.0 Å². The Bertz CT molecular complexity index is 972. The van der Waals surface area contributed by atoms with Crippen molar-refractivity contribution in [3.8, 4) is 0 Å². The Morgan fingerprint density at radius 1 is 1.19 bits per heavy atom. The quantitative estimate of drug-likeness (QED) is 0.680. The van der Waals surface area contributed by atoms with Crippen LogP contribution in [0.15, 0.2) is 42.7 Å². The van der Waals surface area contributed by atoms with Crippen molar-refractivity contribution in [1.82, 2.24) is 24.6 Å². The van der Waals surface area contributed by atoms with Gasteiger partial charge in [-0.15, -0.1) is 0 Å². The van der Waals surface area contributed by atoms with E-state index in [1.54, 1.807) is 24.7 Å². The lowest BCUT2D eigenvalue weighted by Crippen LogP contribution is -2.34. The maximum Gasteiger partial charge on any atom is 0.242 e. The molecule has 1 N–H and O–H groups in total. The Kier molecular flexibility index (Phi) is 5.21. The number of imidazole rings is 1. The van der Waals surface area contributed by atoms with Crippen LogP contribution in [0, 0.1) is 13.8 Å². The summed E-state index contributed by atoms with van der Waals surface area (Å²) in [5.74, 6) is 0.492. The fourth-order valence-corrected chi connectivity index (χ4v) is 3.30. The summed E-state index contributed by atoms with van der Waals surface area (Å²) in [6.07, 6.45) is 3.55. The van der Waals surface area contributed by atoms with Gasteiger partial charge in [0.1, 0.15) is 18.4 Å². The lowest BCUT2D eigenvalue weighted by molar-refractivity contribution is -0.122. The molecule has 1 aromatic carbocycles. The molecule has 3 aromatic rings. The molecule has 0 saturated heterocycles. The molecule has 0 saturated carbocycles. The second kappa shape index (κ2) is 7.57. The van der Waals surface area contributed by atoms with Crippen LogP contribution in [-0.4, -0.2) is 31.0 Å². The summed E-state index contributed by atoms with van der Waals surface area (Å²) in [4.78, 5) is 28.9. The predicted octanol–water partition coefficient (Wildman–Crippen LogP) is 2.34. The molecule has 27 heavy (non-hydrogen) atoms. The number of carbonyl (C=O) groups is 2. The number of Topliss-reactive ketones (excluding diaryl/α,β-unsaturated/α-hetero) is 1. The number of benzene rings is 1. The number of rotatable bonds is 6.